The van der Waals surface area contributed by atoms with Crippen molar-refractivity contribution in [2.45, 2.75) is 30.5 Å². The second-order valence-corrected chi connectivity index (χ2v) is 8.19. The van der Waals surface area contributed by atoms with E-state index in [4.69, 9.17) is 4.74 Å². The summed E-state index contributed by atoms with van der Waals surface area (Å²) in [5, 5.41) is 18.5. The van der Waals surface area contributed by atoms with Crippen LogP contribution in [0.25, 0.3) is 0 Å². The summed E-state index contributed by atoms with van der Waals surface area (Å²) in [6.45, 7) is 5.81. The number of fused-ring (bicyclic) bond motifs is 2. The molecule has 2 N–H and O–H groups in total. The summed E-state index contributed by atoms with van der Waals surface area (Å²) in [6, 6.07) is 11.0. The molecule has 0 aromatic heterocycles. The molecule has 4 rings (SSSR count). The fourth-order valence-electron chi connectivity index (χ4n) is 4.58. The van der Waals surface area contributed by atoms with Crippen LogP contribution >= 0.6 is 15.9 Å². The summed E-state index contributed by atoms with van der Waals surface area (Å²) in [6.07, 6.45) is 1.62. The zero-order chi connectivity index (χ0) is 20.8. The Balaban J connectivity index is 1.89. The van der Waals surface area contributed by atoms with Crippen molar-refractivity contribution in [2.24, 2.45) is 0 Å². The van der Waals surface area contributed by atoms with Gasteiger partial charge in [-0.25, -0.2) is 0 Å². The van der Waals surface area contributed by atoms with Gasteiger partial charge in [0, 0.05) is 32.3 Å². The highest BCUT2D eigenvalue weighted by molar-refractivity contribution is 9.10. The van der Waals surface area contributed by atoms with Crippen molar-refractivity contribution >= 4 is 27.5 Å². The molecule has 1 spiro atoms. The van der Waals surface area contributed by atoms with E-state index in [1.54, 1.807) is 36.4 Å². The van der Waals surface area contributed by atoms with Crippen LogP contribution in [0.3, 0.4) is 0 Å². The molecule has 1 saturated heterocycles. The predicted molar refractivity (Wildman–Crippen MR) is 113 cm³/mol. The number of amides is 1. The maximum atomic E-state index is 13.1. The van der Waals surface area contributed by atoms with Gasteiger partial charge in [-0.1, -0.05) is 46.8 Å². The highest BCUT2D eigenvalue weighted by Crippen LogP contribution is 2.51. The quantitative estimate of drug-likeness (QED) is 0.406. The van der Waals surface area contributed by atoms with E-state index in [-0.39, 0.29) is 17.6 Å². The molecule has 29 heavy (non-hydrogen) atoms. The van der Waals surface area contributed by atoms with Gasteiger partial charge in [-0.05, 0) is 31.2 Å². The number of carbonyl (C=O) groups is 1. The molecule has 2 heterocycles. The molecule has 1 fully saturated rings. The molecule has 4 atom stereocenters. The lowest BCUT2D eigenvalue weighted by atomic mass is 9.78. The van der Waals surface area contributed by atoms with Crippen molar-refractivity contribution in [3.05, 3.63) is 80.8 Å². The topological polar surface area (TPSA) is 93.5 Å². The smallest absolute Gasteiger partial charge is 0.256 e. The Bertz CT molecular complexity index is 1010. The van der Waals surface area contributed by atoms with Crippen LogP contribution in [0.1, 0.15) is 24.0 Å². The number of hydrogen-bond donors (Lipinski definition) is 2. The summed E-state index contributed by atoms with van der Waals surface area (Å²) in [5.41, 5.74) is 0.436. The first-order chi connectivity index (χ1) is 13.9. The van der Waals surface area contributed by atoms with Gasteiger partial charge in [-0.3, -0.25) is 20.2 Å². The highest BCUT2D eigenvalue weighted by Gasteiger charge is 2.67. The van der Waals surface area contributed by atoms with Crippen LogP contribution in [0.5, 0.6) is 5.75 Å². The first-order valence-corrected chi connectivity index (χ1v) is 10.0. The molecule has 2 aliphatic rings. The average Bonchev–Trinajstić information content (AvgIpc) is 3.15. The lowest BCUT2D eigenvalue weighted by Gasteiger charge is -2.26. The second kappa shape index (κ2) is 7.27. The number of hydrogen-bond acceptors (Lipinski definition) is 5. The lowest BCUT2D eigenvalue weighted by molar-refractivity contribution is -0.532. The molecule has 7 nitrogen and oxygen atoms in total. The number of anilines is 1. The number of para-hydroxylation sites is 1. The number of nitrogens with zero attached hydrogens (tertiary/aromatic N) is 1. The Morgan fingerprint density at radius 2 is 2.10 bits per heavy atom. The third-order valence-corrected chi connectivity index (χ3v) is 6.14. The van der Waals surface area contributed by atoms with Crippen LogP contribution in [0.15, 0.2) is 59.6 Å². The van der Waals surface area contributed by atoms with Crippen LogP contribution in [0, 0.1) is 10.1 Å². The summed E-state index contributed by atoms with van der Waals surface area (Å²) >= 11 is 3.46. The van der Waals surface area contributed by atoms with E-state index < -0.39 is 23.4 Å². The monoisotopic (exact) mass is 457 g/mol. The molecule has 0 unspecified atom stereocenters. The highest BCUT2D eigenvalue weighted by atomic mass is 79.9. The molecule has 0 saturated carbocycles. The van der Waals surface area contributed by atoms with E-state index in [0.29, 0.717) is 22.6 Å². The number of rotatable bonds is 5. The first-order valence-electron chi connectivity index (χ1n) is 9.25. The molecule has 150 valence electrons. The van der Waals surface area contributed by atoms with Crippen LogP contribution in [-0.4, -0.2) is 29.5 Å². The van der Waals surface area contributed by atoms with Crippen molar-refractivity contribution in [1.82, 2.24) is 5.32 Å². The number of nitrogens with one attached hydrogen (secondary N) is 2. The largest absolute Gasteiger partial charge is 0.489 e. The minimum absolute atomic E-state index is 0.279. The zero-order valence-electron chi connectivity index (χ0n) is 15.7. The second-order valence-electron chi connectivity index (χ2n) is 7.28. The molecule has 0 aliphatic carbocycles. The van der Waals surface area contributed by atoms with Crippen molar-refractivity contribution < 1.29 is 14.5 Å². The van der Waals surface area contributed by atoms with Gasteiger partial charge in [0.25, 0.3) is 11.9 Å². The van der Waals surface area contributed by atoms with Crippen molar-refractivity contribution in [3.8, 4) is 5.75 Å². The average molecular weight is 458 g/mol. The first kappa shape index (κ1) is 19.6. The summed E-state index contributed by atoms with van der Waals surface area (Å²) in [4.78, 5) is 25.1. The van der Waals surface area contributed by atoms with Gasteiger partial charge >= 0.3 is 0 Å². The summed E-state index contributed by atoms with van der Waals surface area (Å²) in [5.74, 6) is -0.445. The third-order valence-electron chi connectivity index (χ3n) is 5.65. The van der Waals surface area contributed by atoms with Gasteiger partial charge in [-0.2, -0.15) is 0 Å². The van der Waals surface area contributed by atoms with Crippen LogP contribution in [-0.2, 0) is 10.3 Å². The molecule has 2 aromatic carbocycles. The third kappa shape index (κ3) is 2.94. The molecular formula is C21H20BrN3O4. The lowest BCUT2D eigenvalue weighted by Crippen LogP contribution is -2.54. The van der Waals surface area contributed by atoms with E-state index in [0.717, 1.165) is 4.47 Å². The molecule has 0 radical (unpaired) electrons. The maximum Gasteiger partial charge on any atom is 0.256 e. The number of halogens is 1. The van der Waals surface area contributed by atoms with Gasteiger partial charge in [-0.15, -0.1) is 0 Å². The molecule has 0 bridgehead atoms. The van der Waals surface area contributed by atoms with E-state index in [1.165, 1.54) is 0 Å². The van der Waals surface area contributed by atoms with E-state index in [1.807, 2.05) is 19.1 Å². The van der Waals surface area contributed by atoms with E-state index >= 15 is 0 Å². The summed E-state index contributed by atoms with van der Waals surface area (Å²) in [7, 11) is 0. The van der Waals surface area contributed by atoms with Crippen molar-refractivity contribution in [2.75, 3.05) is 11.9 Å². The molecule has 8 heteroatoms. The fraction of sp³-hybridized carbons (Fsp3) is 0.286. The summed E-state index contributed by atoms with van der Waals surface area (Å²) < 4.78 is 6.57. The van der Waals surface area contributed by atoms with Gasteiger partial charge < -0.3 is 10.1 Å². The molecule has 2 aliphatic heterocycles. The van der Waals surface area contributed by atoms with Gasteiger partial charge in [0.2, 0.25) is 0 Å². The van der Waals surface area contributed by atoms with E-state index in [2.05, 4.69) is 33.1 Å². The fourth-order valence-corrected chi connectivity index (χ4v) is 4.96. The number of carbonyl (C=O) groups excluding carboxylic acids is 1. The predicted octanol–water partition coefficient (Wildman–Crippen LogP) is 3.58. The Hall–Kier alpha value is -2.71. The zero-order valence-corrected chi connectivity index (χ0v) is 17.3. The Morgan fingerprint density at radius 3 is 2.83 bits per heavy atom. The van der Waals surface area contributed by atoms with Gasteiger partial charge in [0.05, 0.1) is 5.92 Å². The Kier molecular flexibility index (Phi) is 4.92. The Labute approximate surface area is 176 Å². The van der Waals surface area contributed by atoms with Crippen LogP contribution < -0.4 is 15.4 Å². The number of benzene rings is 2. The molecule has 1 amide bonds. The van der Waals surface area contributed by atoms with Gasteiger partial charge in [0.1, 0.15) is 12.4 Å². The minimum atomic E-state index is -1.44. The number of nitro groups is 1. The standard InChI is InChI=1S/C21H20BrN3O4/c1-3-10-29-17-9-8-13(22)11-14(17)18-12(2)24-21(19(18)25(27)28)15-6-4-5-7-16(15)23-20(21)26/h3-9,11-12,18-19,24H,1,10H2,2H3,(H,23,26)/t12-,18-,19+,21+/m0/s1. The van der Waals surface area contributed by atoms with Crippen LogP contribution in [0.4, 0.5) is 5.69 Å². The Morgan fingerprint density at radius 1 is 1.34 bits per heavy atom. The van der Waals surface area contributed by atoms with E-state index in [9.17, 15) is 14.9 Å². The van der Waals surface area contributed by atoms with Gasteiger partial charge in [0.15, 0.2) is 5.54 Å². The maximum absolute atomic E-state index is 13.1. The molecular weight excluding hydrogens is 438 g/mol. The van der Waals surface area contributed by atoms with Crippen LogP contribution in [0.2, 0.25) is 0 Å². The van der Waals surface area contributed by atoms with Crippen molar-refractivity contribution in [3.63, 3.8) is 0 Å². The number of ether oxygens (including phenoxy) is 1. The SMILES string of the molecule is C=CCOc1ccc(Br)cc1[C@@H]1[C@H](C)N[C@@]2(C(=O)Nc3ccccc32)[C@@H]1[N+](=O)[O-]. The molecule has 2 aromatic rings. The minimum Gasteiger partial charge on any atom is -0.489 e. The van der Waals surface area contributed by atoms with Crippen molar-refractivity contribution in [1.29, 1.82) is 0 Å². The normalized spacial score (nSPS) is 27.5.